The Kier molecular flexibility index (Phi) is 4.99. The third-order valence-corrected chi connectivity index (χ3v) is 3.34. The number of nitrogens with one attached hydrogen (secondary N) is 1. The van der Waals surface area contributed by atoms with Gasteiger partial charge in [0.25, 0.3) is 0 Å². The largest absolute Gasteiger partial charge is 0.494 e. The Balaban J connectivity index is 2.10. The van der Waals surface area contributed by atoms with Gasteiger partial charge >= 0.3 is 0 Å². The van der Waals surface area contributed by atoms with Crippen LogP contribution < -0.4 is 10.1 Å². The van der Waals surface area contributed by atoms with Gasteiger partial charge in [-0.15, -0.1) is 0 Å². The highest BCUT2D eigenvalue weighted by Crippen LogP contribution is 2.26. The van der Waals surface area contributed by atoms with Crippen LogP contribution >= 0.6 is 0 Å². The molecule has 0 saturated carbocycles. The highest BCUT2D eigenvalue weighted by atomic mass is 19.1. The normalized spacial score (nSPS) is 11.9. The molecule has 0 spiro atoms. The second-order valence-corrected chi connectivity index (χ2v) is 4.78. The van der Waals surface area contributed by atoms with Crippen LogP contribution in [-0.4, -0.2) is 13.2 Å². The van der Waals surface area contributed by atoms with Crippen LogP contribution in [0.15, 0.2) is 48.5 Å². The average molecular weight is 273 g/mol. The van der Waals surface area contributed by atoms with E-state index in [1.807, 2.05) is 18.2 Å². The van der Waals surface area contributed by atoms with Crippen molar-refractivity contribution in [1.29, 1.82) is 0 Å². The van der Waals surface area contributed by atoms with Crippen LogP contribution in [0, 0.1) is 5.82 Å². The number of hydrogen-bond donors (Lipinski definition) is 1. The highest BCUT2D eigenvalue weighted by molar-refractivity contribution is 5.57. The molecule has 0 aliphatic rings. The number of hydrogen-bond acceptors (Lipinski definition) is 2. The maximum Gasteiger partial charge on any atom is 0.144 e. The third-order valence-electron chi connectivity index (χ3n) is 3.34. The van der Waals surface area contributed by atoms with Crippen molar-refractivity contribution in [2.75, 3.05) is 12.4 Å². The molecule has 0 aromatic heterocycles. The van der Waals surface area contributed by atoms with E-state index in [1.165, 1.54) is 17.7 Å². The van der Waals surface area contributed by atoms with Gasteiger partial charge in [0.05, 0.1) is 12.8 Å². The summed E-state index contributed by atoms with van der Waals surface area (Å²) in [6, 6.07) is 15.2. The Morgan fingerprint density at radius 2 is 1.90 bits per heavy atom. The summed E-state index contributed by atoms with van der Waals surface area (Å²) in [5, 5.41) is 3.43. The quantitative estimate of drug-likeness (QED) is 0.848. The molecule has 2 aromatic carbocycles. The first-order valence-corrected chi connectivity index (χ1v) is 6.87. The fraction of sp³-hybridized carbons (Fsp3) is 0.294. The van der Waals surface area contributed by atoms with Gasteiger partial charge in [-0.05, 0) is 30.5 Å². The number of halogens is 1. The van der Waals surface area contributed by atoms with Gasteiger partial charge in [-0.3, -0.25) is 0 Å². The molecule has 0 aliphatic carbocycles. The second-order valence-electron chi connectivity index (χ2n) is 4.78. The van der Waals surface area contributed by atoms with E-state index in [9.17, 15) is 4.39 Å². The van der Waals surface area contributed by atoms with E-state index in [0.717, 1.165) is 18.5 Å². The number of methoxy groups -OCH3 is 1. The van der Waals surface area contributed by atoms with Crippen molar-refractivity contribution in [2.45, 2.75) is 25.8 Å². The summed E-state index contributed by atoms with van der Waals surface area (Å²) in [7, 11) is 1.55. The maximum absolute atomic E-state index is 13.2. The van der Waals surface area contributed by atoms with E-state index in [4.69, 9.17) is 4.74 Å². The van der Waals surface area contributed by atoms with Gasteiger partial charge in [0.2, 0.25) is 0 Å². The summed E-state index contributed by atoms with van der Waals surface area (Å²) in [5.41, 5.74) is 2.12. The summed E-state index contributed by atoms with van der Waals surface area (Å²) < 4.78 is 18.4. The number of ether oxygens (including phenoxy) is 1. The molecule has 2 nitrogen and oxygen atoms in total. The zero-order valence-electron chi connectivity index (χ0n) is 11.9. The molecular weight excluding hydrogens is 253 g/mol. The van der Waals surface area contributed by atoms with Crippen molar-refractivity contribution >= 4 is 5.69 Å². The van der Waals surface area contributed by atoms with E-state index in [1.54, 1.807) is 13.2 Å². The number of anilines is 1. The first kappa shape index (κ1) is 14.4. The van der Waals surface area contributed by atoms with Crippen LogP contribution in [0.25, 0.3) is 0 Å². The predicted molar refractivity (Wildman–Crippen MR) is 80.8 cm³/mol. The van der Waals surface area contributed by atoms with E-state index in [-0.39, 0.29) is 11.9 Å². The monoisotopic (exact) mass is 273 g/mol. The van der Waals surface area contributed by atoms with Crippen molar-refractivity contribution in [1.82, 2.24) is 0 Å². The summed E-state index contributed by atoms with van der Waals surface area (Å²) >= 11 is 0. The molecule has 2 aromatic rings. The summed E-state index contributed by atoms with van der Waals surface area (Å²) in [6.45, 7) is 2.14. The molecule has 0 saturated heterocycles. The van der Waals surface area contributed by atoms with Crippen molar-refractivity contribution < 1.29 is 9.13 Å². The number of rotatable bonds is 6. The zero-order valence-corrected chi connectivity index (χ0v) is 11.9. The minimum absolute atomic E-state index is 0.288. The molecule has 1 unspecified atom stereocenters. The second kappa shape index (κ2) is 6.94. The van der Waals surface area contributed by atoms with E-state index in [0.29, 0.717) is 5.75 Å². The van der Waals surface area contributed by atoms with E-state index < -0.39 is 0 Å². The summed E-state index contributed by atoms with van der Waals surface area (Å²) in [6.07, 6.45) is 1.91. The van der Waals surface area contributed by atoms with Crippen LogP contribution in [0.5, 0.6) is 5.75 Å². The van der Waals surface area contributed by atoms with Gasteiger partial charge in [0, 0.05) is 12.1 Å². The molecular formula is C17H20FNO. The molecule has 0 aliphatic heterocycles. The molecule has 1 N–H and O–H groups in total. The molecule has 1 atom stereocenters. The Labute approximate surface area is 119 Å². The van der Waals surface area contributed by atoms with E-state index >= 15 is 0 Å². The fourth-order valence-corrected chi connectivity index (χ4v) is 2.20. The Bertz CT molecular complexity index is 542. The average Bonchev–Trinajstić information content (AvgIpc) is 2.49. The van der Waals surface area contributed by atoms with Gasteiger partial charge in [0.1, 0.15) is 11.6 Å². The smallest absolute Gasteiger partial charge is 0.144 e. The molecule has 0 heterocycles. The van der Waals surface area contributed by atoms with Crippen molar-refractivity contribution in [2.24, 2.45) is 0 Å². The Morgan fingerprint density at radius 3 is 2.55 bits per heavy atom. The molecule has 20 heavy (non-hydrogen) atoms. The van der Waals surface area contributed by atoms with Gasteiger partial charge < -0.3 is 10.1 Å². The Hall–Kier alpha value is -2.03. The topological polar surface area (TPSA) is 21.3 Å². The van der Waals surface area contributed by atoms with Crippen molar-refractivity contribution in [3.8, 4) is 5.75 Å². The molecule has 0 amide bonds. The van der Waals surface area contributed by atoms with Crippen molar-refractivity contribution in [3.63, 3.8) is 0 Å². The third kappa shape index (κ3) is 3.73. The standard InChI is InChI=1S/C17H20FNO/c1-3-15(11-13-7-5-4-6-8-13)19-16-10-9-14(18)12-17(16)20-2/h4-10,12,15,19H,3,11H2,1-2H3. The SMILES string of the molecule is CCC(Cc1ccccc1)Nc1ccc(F)cc1OC. The van der Waals surface area contributed by atoms with Gasteiger partial charge in [-0.25, -0.2) is 4.39 Å². The Morgan fingerprint density at radius 1 is 1.15 bits per heavy atom. The van der Waals surface area contributed by atoms with Crippen LogP contribution in [0.2, 0.25) is 0 Å². The van der Waals surface area contributed by atoms with Crippen LogP contribution in [0.1, 0.15) is 18.9 Å². The predicted octanol–water partition coefficient (Wildman–Crippen LogP) is 4.27. The lowest BCUT2D eigenvalue weighted by Crippen LogP contribution is -2.21. The summed E-state index contributed by atoms with van der Waals surface area (Å²) in [4.78, 5) is 0. The lowest BCUT2D eigenvalue weighted by molar-refractivity contribution is 0.412. The van der Waals surface area contributed by atoms with Crippen LogP contribution in [-0.2, 0) is 6.42 Å². The first-order chi connectivity index (χ1) is 9.72. The molecule has 106 valence electrons. The van der Waals surface area contributed by atoms with Gasteiger partial charge in [-0.2, -0.15) is 0 Å². The first-order valence-electron chi connectivity index (χ1n) is 6.87. The van der Waals surface area contributed by atoms with E-state index in [2.05, 4.69) is 24.4 Å². The van der Waals surface area contributed by atoms with Crippen molar-refractivity contribution in [3.05, 3.63) is 59.9 Å². The lowest BCUT2D eigenvalue weighted by atomic mass is 10.0. The number of benzene rings is 2. The molecule has 2 rings (SSSR count). The molecule has 0 bridgehead atoms. The van der Waals surface area contributed by atoms with Crippen LogP contribution in [0.4, 0.5) is 10.1 Å². The summed E-state index contributed by atoms with van der Waals surface area (Å²) in [5.74, 6) is 0.250. The lowest BCUT2D eigenvalue weighted by Gasteiger charge is -2.20. The minimum atomic E-state index is -0.288. The zero-order chi connectivity index (χ0) is 14.4. The minimum Gasteiger partial charge on any atom is -0.494 e. The maximum atomic E-state index is 13.2. The van der Waals surface area contributed by atoms with Crippen LogP contribution in [0.3, 0.4) is 0 Å². The molecule has 3 heteroatoms. The highest BCUT2D eigenvalue weighted by Gasteiger charge is 2.11. The molecule has 0 fully saturated rings. The van der Waals surface area contributed by atoms with Gasteiger partial charge in [0.15, 0.2) is 0 Å². The van der Waals surface area contributed by atoms with Gasteiger partial charge in [-0.1, -0.05) is 37.3 Å². The fourth-order valence-electron chi connectivity index (χ4n) is 2.20. The molecule has 0 radical (unpaired) electrons.